The van der Waals surface area contributed by atoms with Crippen LogP contribution in [-0.4, -0.2) is 72.8 Å². The fourth-order valence-electron chi connectivity index (χ4n) is 2.06. The zero-order valence-electron chi connectivity index (χ0n) is 11.3. The van der Waals surface area contributed by atoms with Crippen molar-refractivity contribution in [1.82, 2.24) is 14.9 Å². The number of aliphatic carboxylic acids is 1. The molecule has 1 aromatic heterocycles. The number of aromatic nitrogens is 2. The molecule has 2 heterocycles. The molecule has 7 heteroatoms. The Morgan fingerprint density at radius 3 is 2.63 bits per heavy atom. The summed E-state index contributed by atoms with van der Waals surface area (Å²) in [6, 6.07) is 1.89. The van der Waals surface area contributed by atoms with Crippen LogP contribution in [-0.2, 0) is 4.79 Å². The molecule has 1 aromatic rings. The van der Waals surface area contributed by atoms with E-state index in [9.17, 15) is 4.79 Å². The molecule has 1 aliphatic rings. The highest BCUT2D eigenvalue weighted by Gasteiger charge is 2.19. The number of nitrogens with zero attached hydrogens (tertiary/aromatic N) is 5. The Kier molecular flexibility index (Phi) is 4.16. The minimum atomic E-state index is -0.773. The Morgan fingerprint density at radius 1 is 1.37 bits per heavy atom. The van der Waals surface area contributed by atoms with Gasteiger partial charge in [0.1, 0.15) is 5.82 Å². The Labute approximate surface area is 112 Å². The van der Waals surface area contributed by atoms with E-state index in [2.05, 4.69) is 14.9 Å². The molecule has 0 amide bonds. The molecule has 0 spiro atoms. The topological polar surface area (TPSA) is 72.8 Å². The van der Waals surface area contributed by atoms with Crippen LogP contribution in [0, 0.1) is 0 Å². The lowest BCUT2D eigenvalue weighted by Gasteiger charge is -2.34. The maximum atomic E-state index is 10.7. The maximum Gasteiger partial charge on any atom is 0.317 e. The van der Waals surface area contributed by atoms with Gasteiger partial charge in [-0.1, -0.05) is 0 Å². The molecule has 0 aromatic carbocycles. The summed E-state index contributed by atoms with van der Waals surface area (Å²) in [5.41, 5.74) is 0. The van der Waals surface area contributed by atoms with Crippen LogP contribution < -0.4 is 9.80 Å². The average Bonchev–Trinajstić information content (AvgIpc) is 2.39. The van der Waals surface area contributed by atoms with Gasteiger partial charge in [-0.25, -0.2) is 4.98 Å². The van der Waals surface area contributed by atoms with Crippen molar-refractivity contribution in [3.63, 3.8) is 0 Å². The van der Waals surface area contributed by atoms with Crippen molar-refractivity contribution in [2.75, 3.05) is 56.6 Å². The average molecular weight is 265 g/mol. The summed E-state index contributed by atoms with van der Waals surface area (Å²) in [7, 11) is 3.81. The minimum absolute atomic E-state index is 0.112. The largest absolute Gasteiger partial charge is 0.480 e. The number of hydrogen-bond acceptors (Lipinski definition) is 6. The van der Waals surface area contributed by atoms with Gasteiger partial charge in [-0.05, 0) is 6.07 Å². The summed E-state index contributed by atoms with van der Waals surface area (Å²) in [6.45, 7) is 3.18. The number of hydrogen-bond donors (Lipinski definition) is 1. The van der Waals surface area contributed by atoms with Gasteiger partial charge in [0.25, 0.3) is 0 Å². The maximum absolute atomic E-state index is 10.7. The first-order valence-electron chi connectivity index (χ1n) is 6.26. The Bertz CT molecular complexity index is 444. The van der Waals surface area contributed by atoms with Crippen molar-refractivity contribution in [2.24, 2.45) is 0 Å². The molecule has 7 nitrogen and oxygen atoms in total. The van der Waals surface area contributed by atoms with Crippen molar-refractivity contribution < 1.29 is 9.90 Å². The number of carboxylic acids is 1. The van der Waals surface area contributed by atoms with E-state index in [-0.39, 0.29) is 6.54 Å². The predicted octanol–water partition coefficient (Wildman–Crippen LogP) is -0.251. The molecular formula is C12H19N5O2. The Balaban J connectivity index is 1.97. The van der Waals surface area contributed by atoms with Crippen LogP contribution in [0.3, 0.4) is 0 Å². The van der Waals surface area contributed by atoms with Gasteiger partial charge < -0.3 is 14.9 Å². The smallest absolute Gasteiger partial charge is 0.317 e. The highest BCUT2D eigenvalue weighted by atomic mass is 16.4. The van der Waals surface area contributed by atoms with Gasteiger partial charge in [-0.15, -0.1) is 0 Å². The van der Waals surface area contributed by atoms with Gasteiger partial charge in [0.2, 0.25) is 5.95 Å². The lowest BCUT2D eigenvalue weighted by atomic mass is 10.3. The van der Waals surface area contributed by atoms with Crippen molar-refractivity contribution >= 4 is 17.7 Å². The van der Waals surface area contributed by atoms with E-state index >= 15 is 0 Å². The predicted molar refractivity (Wildman–Crippen MR) is 72.6 cm³/mol. The van der Waals surface area contributed by atoms with Gasteiger partial charge in [-0.3, -0.25) is 9.69 Å². The lowest BCUT2D eigenvalue weighted by molar-refractivity contribution is -0.138. The van der Waals surface area contributed by atoms with Crippen LogP contribution >= 0.6 is 0 Å². The van der Waals surface area contributed by atoms with E-state index in [0.717, 1.165) is 32.0 Å². The van der Waals surface area contributed by atoms with Crippen LogP contribution in [0.25, 0.3) is 0 Å². The number of anilines is 2. The van der Waals surface area contributed by atoms with Gasteiger partial charge >= 0.3 is 5.97 Å². The number of rotatable bonds is 4. The lowest BCUT2D eigenvalue weighted by Crippen LogP contribution is -2.48. The van der Waals surface area contributed by atoms with Gasteiger partial charge in [-0.2, -0.15) is 4.98 Å². The molecule has 0 bridgehead atoms. The highest BCUT2D eigenvalue weighted by molar-refractivity contribution is 5.69. The summed E-state index contributed by atoms with van der Waals surface area (Å²) in [5.74, 6) is 0.810. The zero-order valence-corrected chi connectivity index (χ0v) is 11.3. The second-order valence-electron chi connectivity index (χ2n) is 4.77. The SMILES string of the molecule is CN(C)c1nccc(N2CCN(CC(=O)O)CC2)n1. The first kappa shape index (κ1) is 13.5. The normalized spacial score (nSPS) is 16.4. The monoisotopic (exact) mass is 265 g/mol. The van der Waals surface area contributed by atoms with Crippen molar-refractivity contribution in [3.8, 4) is 0 Å². The second kappa shape index (κ2) is 5.83. The summed E-state index contributed by atoms with van der Waals surface area (Å²) in [6.07, 6.45) is 1.75. The van der Waals surface area contributed by atoms with E-state index in [1.165, 1.54) is 0 Å². The van der Waals surface area contributed by atoms with Gasteiger partial charge in [0.15, 0.2) is 0 Å². The quantitative estimate of drug-likeness (QED) is 0.804. The molecule has 0 unspecified atom stereocenters. The number of carboxylic acid groups (broad SMARTS) is 1. The van der Waals surface area contributed by atoms with E-state index in [1.54, 1.807) is 6.20 Å². The number of piperazine rings is 1. The molecule has 2 rings (SSSR count). The summed E-state index contributed by atoms with van der Waals surface area (Å²) >= 11 is 0. The second-order valence-corrected chi connectivity index (χ2v) is 4.77. The molecule has 0 radical (unpaired) electrons. The summed E-state index contributed by atoms with van der Waals surface area (Å²) < 4.78 is 0. The third kappa shape index (κ3) is 3.54. The van der Waals surface area contributed by atoms with Gasteiger partial charge in [0.05, 0.1) is 6.54 Å². The minimum Gasteiger partial charge on any atom is -0.480 e. The van der Waals surface area contributed by atoms with E-state index in [4.69, 9.17) is 5.11 Å². The molecule has 1 fully saturated rings. The number of carbonyl (C=O) groups is 1. The van der Waals surface area contributed by atoms with Crippen molar-refractivity contribution in [2.45, 2.75) is 0 Å². The third-order valence-corrected chi connectivity index (χ3v) is 3.08. The van der Waals surface area contributed by atoms with Crippen molar-refractivity contribution in [3.05, 3.63) is 12.3 Å². The summed E-state index contributed by atoms with van der Waals surface area (Å²) in [4.78, 5) is 25.3. The van der Waals surface area contributed by atoms with Crippen LogP contribution in [0.4, 0.5) is 11.8 Å². The summed E-state index contributed by atoms with van der Waals surface area (Å²) in [5, 5.41) is 8.76. The Morgan fingerprint density at radius 2 is 2.05 bits per heavy atom. The fourth-order valence-corrected chi connectivity index (χ4v) is 2.06. The molecular weight excluding hydrogens is 246 g/mol. The molecule has 1 saturated heterocycles. The molecule has 104 valence electrons. The third-order valence-electron chi connectivity index (χ3n) is 3.08. The van der Waals surface area contributed by atoms with E-state index < -0.39 is 5.97 Å². The van der Waals surface area contributed by atoms with Gasteiger partial charge in [0, 0.05) is 46.5 Å². The first-order valence-corrected chi connectivity index (χ1v) is 6.26. The zero-order chi connectivity index (χ0) is 13.8. The van der Waals surface area contributed by atoms with E-state index in [0.29, 0.717) is 5.95 Å². The van der Waals surface area contributed by atoms with E-state index in [1.807, 2.05) is 30.0 Å². The molecule has 0 saturated carbocycles. The highest BCUT2D eigenvalue weighted by Crippen LogP contribution is 2.15. The van der Waals surface area contributed by atoms with Crippen LogP contribution in [0.5, 0.6) is 0 Å². The van der Waals surface area contributed by atoms with Crippen LogP contribution in [0.2, 0.25) is 0 Å². The van der Waals surface area contributed by atoms with Crippen molar-refractivity contribution in [1.29, 1.82) is 0 Å². The fraction of sp³-hybridized carbons (Fsp3) is 0.583. The Hall–Kier alpha value is -1.89. The standard InChI is InChI=1S/C12H19N5O2/c1-15(2)12-13-4-3-10(14-12)17-7-5-16(6-8-17)9-11(18)19/h3-4H,5-9H2,1-2H3,(H,18,19). The molecule has 19 heavy (non-hydrogen) atoms. The van der Waals surface area contributed by atoms with Crippen LogP contribution in [0.1, 0.15) is 0 Å². The molecule has 0 aliphatic carbocycles. The molecule has 1 N–H and O–H groups in total. The molecule has 0 atom stereocenters. The molecule has 1 aliphatic heterocycles. The van der Waals surface area contributed by atoms with Crippen LogP contribution in [0.15, 0.2) is 12.3 Å². The first-order chi connectivity index (χ1) is 9.06.